The number of hydrogen-bond donors (Lipinski definition) is 0. The summed E-state index contributed by atoms with van der Waals surface area (Å²) in [6.45, 7) is 6.21. The van der Waals surface area contributed by atoms with Crippen molar-refractivity contribution in [2.24, 2.45) is 0 Å². The van der Waals surface area contributed by atoms with Gasteiger partial charge in [0.05, 0.1) is 5.60 Å². The van der Waals surface area contributed by atoms with E-state index in [2.05, 4.69) is 30.2 Å². The minimum Gasteiger partial charge on any atom is -0.360 e. The van der Waals surface area contributed by atoms with Crippen LogP contribution in [0.15, 0.2) is 0 Å². The van der Waals surface area contributed by atoms with Gasteiger partial charge in [0.25, 0.3) is 0 Å². The van der Waals surface area contributed by atoms with Crippen LogP contribution in [0, 0.1) is 0 Å². The summed E-state index contributed by atoms with van der Waals surface area (Å²) in [4.78, 5) is 0. The lowest BCUT2D eigenvalue weighted by molar-refractivity contribution is 0.134. The fourth-order valence-corrected chi connectivity index (χ4v) is 0.250. The molecular weight excluding hydrogens is 187 g/mol. The average Bonchev–Trinajstić information content (AvgIpc) is 1.68. The summed E-state index contributed by atoms with van der Waals surface area (Å²) in [5, 5.41) is 0. The normalized spacial score (nSPS) is 10.5. The Hall–Kier alpha value is 0.870. The van der Waals surface area contributed by atoms with Crippen molar-refractivity contribution >= 4 is 26.4 Å². The van der Waals surface area contributed by atoms with Gasteiger partial charge in [-0.2, -0.15) is 0 Å². The smallest absolute Gasteiger partial charge is 0.0659 e. The fourth-order valence-electron chi connectivity index (χ4n) is 0.0833. The molecule has 0 rings (SSSR count). The molecule has 0 aliphatic carbocycles. The summed E-state index contributed by atoms with van der Waals surface area (Å²) in [6.07, 6.45) is 1.05. The van der Waals surface area contributed by atoms with Crippen molar-refractivity contribution in [2.45, 2.75) is 32.8 Å². The number of halogens is 1. The van der Waals surface area contributed by atoms with Crippen LogP contribution in [0.3, 0.4) is 0 Å². The highest BCUT2D eigenvalue weighted by Gasteiger charge is 2.11. The maximum Gasteiger partial charge on any atom is 0.0659 e. The Morgan fingerprint density at radius 1 is 1.50 bits per heavy atom. The second kappa shape index (κ2) is 4.72. The van der Waals surface area contributed by atoms with Crippen molar-refractivity contribution < 1.29 is 4.52 Å². The first kappa shape index (κ1) is 11.6. The van der Waals surface area contributed by atoms with Crippen LogP contribution in [-0.4, -0.2) is 5.60 Å². The van der Waals surface area contributed by atoms with Crippen molar-refractivity contribution in [3.05, 3.63) is 0 Å². The lowest BCUT2D eigenvalue weighted by Crippen LogP contribution is -2.17. The summed E-state index contributed by atoms with van der Waals surface area (Å²) in [7, 11) is 2.27. The van der Waals surface area contributed by atoms with Crippen molar-refractivity contribution in [1.82, 2.24) is 0 Å². The molecule has 0 fully saturated rings. The van der Waals surface area contributed by atoms with E-state index < -0.39 is 0 Å². The monoisotopic (exact) mass is 200 g/mol. The predicted octanol–water partition coefficient (Wildman–Crippen LogP) is 2.56. The minimum atomic E-state index is 0. The SMILES string of the molecule is Br.CCC(C)(C)OP. The average molecular weight is 201 g/mol. The topological polar surface area (TPSA) is 9.23 Å². The summed E-state index contributed by atoms with van der Waals surface area (Å²) >= 11 is 0. The van der Waals surface area contributed by atoms with E-state index in [0.29, 0.717) is 0 Å². The van der Waals surface area contributed by atoms with Crippen LogP contribution in [0.4, 0.5) is 0 Å². The molecule has 0 aliphatic rings. The van der Waals surface area contributed by atoms with Gasteiger partial charge >= 0.3 is 0 Å². The van der Waals surface area contributed by atoms with Crippen molar-refractivity contribution in [1.29, 1.82) is 0 Å². The number of rotatable bonds is 2. The zero-order valence-corrected chi connectivity index (χ0v) is 8.47. The third kappa shape index (κ3) is 5.02. The molecule has 1 unspecified atom stereocenters. The second-order valence-corrected chi connectivity index (χ2v) is 2.47. The van der Waals surface area contributed by atoms with Gasteiger partial charge in [-0.25, -0.2) is 0 Å². The van der Waals surface area contributed by atoms with Crippen molar-refractivity contribution in [3.8, 4) is 0 Å². The largest absolute Gasteiger partial charge is 0.360 e. The zero-order valence-electron chi connectivity index (χ0n) is 5.60. The lowest BCUT2D eigenvalue weighted by Gasteiger charge is -2.19. The molecule has 0 aromatic rings. The maximum atomic E-state index is 5.00. The third-order valence-corrected chi connectivity index (χ3v) is 1.81. The van der Waals surface area contributed by atoms with Gasteiger partial charge in [0, 0.05) is 9.47 Å². The standard InChI is InChI=1S/C5H13OP.BrH/c1-4-5(2,3)6-7;/h4,7H2,1-3H3;1H. The molecule has 1 nitrogen and oxygen atoms in total. The highest BCUT2D eigenvalue weighted by molar-refractivity contribution is 8.93. The van der Waals surface area contributed by atoms with E-state index in [9.17, 15) is 0 Å². The highest BCUT2D eigenvalue weighted by Crippen LogP contribution is 2.15. The first-order chi connectivity index (χ1) is 3.12. The van der Waals surface area contributed by atoms with Gasteiger partial charge in [0.2, 0.25) is 0 Å². The molecule has 0 aromatic heterocycles. The van der Waals surface area contributed by atoms with Crippen LogP contribution in [0.2, 0.25) is 0 Å². The zero-order chi connectivity index (χ0) is 5.91. The Morgan fingerprint density at radius 3 is 1.88 bits per heavy atom. The molecule has 1 atom stereocenters. The van der Waals surface area contributed by atoms with E-state index in [4.69, 9.17) is 4.52 Å². The van der Waals surface area contributed by atoms with E-state index >= 15 is 0 Å². The van der Waals surface area contributed by atoms with Gasteiger partial charge < -0.3 is 4.52 Å². The summed E-state index contributed by atoms with van der Waals surface area (Å²) in [5.74, 6) is 0. The molecule has 0 bridgehead atoms. The van der Waals surface area contributed by atoms with Gasteiger partial charge in [-0.05, 0) is 20.3 Å². The molecule has 8 heavy (non-hydrogen) atoms. The van der Waals surface area contributed by atoms with Gasteiger partial charge in [-0.3, -0.25) is 0 Å². The highest BCUT2D eigenvalue weighted by atomic mass is 79.9. The molecule has 0 aromatic carbocycles. The van der Waals surface area contributed by atoms with Crippen LogP contribution in [-0.2, 0) is 4.52 Å². The van der Waals surface area contributed by atoms with Crippen LogP contribution in [0.25, 0.3) is 0 Å². The van der Waals surface area contributed by atoms with Crippen LogP contribution < -0.4 is 0 Å². The first-order valence-corrected chi connectivity index (χ1v) is 2.97. The molecule has 0 saturated carbocycles. The fraction of sp³-hybridized carbons (Fsp3) is 1.00. The third-order valence-electron chi connectivity index (χ3n) is 1.17. The molecular formula is C5H14BrOP. The molecule has 0 aliphatic heterocycles. The molecule has 52 valence electrons. The van der Waals surface area contributed by atoms with E-state index in [1.165, 1.54) is 0 Å². The van der Waals surface area contributed by atoms with Gasteiger partial charge in [0.15, 0.2) is 0 Å². The Morgan fingerprint density at radius 2 is 1.88 bits per heavy atom. The van der Waals surface area contributed by atoms with E-state index in [0.717, 1.165) is 6.42 Å². The Labute approximate surface area is 64.2 Å². The van der Waals surface area contributed by atoms with E-state index in [1.807, 2.05) is 0 Å². The molecule has 0 saturated heterocycles. The van der Waals surface area contributed by atoms with Gasteiger partial charge in [0.1, 0.15) is 0 Å². The molecule has 0 spiro atoms. The second-order valence-electron chi connectivity index (χ2n) is 2.23. The molecule has 0 heterocycles. The van der Waals surface area contributed by atoms with E-state index in [-0.39, 0.29) is 22.6 Å². The lowest BCUT2D eigenvalue weighted by atomic mass is 10.1. The summed E-state index contributed by atoms with van der Waals surface area (Å²) < 4.78 is 5.00. The number of hydrogen-bond acceptors (Lipinski definition) is 1. The summed E-state index contributed by atoms with van der Waals surface area (Å²) in [6, 6.07) is 0. The minimum absolute atomic E-state index is 0. The Bertz CT molecular complexity index is 50.4. The summed E-state index contributed by atoms with van der Waals surface area (Å²) in [5.41, 5.74) is 0.0463. The quantitative estimate of drug-likeness (QED) is 0.624. The van der Waals surface area contributed by atoms with E-state index in [1.54, 1.807) is 0 Å². The van der Waals surface area contributed by atoms with Crippen molar-refractivity contribution in [2.75, 3.05) is 0 Å². The first-order valence-electron chi connectivity index (χ1n) is 2.50. The Balaban J connectivity index is 0. The van der Waals surface area contributed by atoms with Crippen LogP contribution >= 0.6 is 26.4 Å². The van der Waals surface area contributed by atoms with Gasteiger partial charge in [-0.1, -0.05) is 6.92 Å². The van der Waals surface area contributed by atoms with Crippen LogP contribution in [0.1, 0.15) is 27.2 Å². The predicted molar refractivity (Wildman–Crippen MR) is 45.5 cm³/mol. The molecule has 0 amide bonds. The maximum absolute atomic E-state index is 5.00. The van der Waals surface area contributed by atoms with Gasteiger partial charge in [-0.15, -0.1) is 17.0 Å². The molecule has 0 N–H and O–H groups in total. The molecule has 3 heteroatoms. The van der Waals surface area contributed by atoms with Crippen molar-refractivity contribution in [3.63, 3.8) is 0 Å². The Kier molecular flexibility index (Phi) is 6.87. The van der Waals surface area contributed by atoms with Crippen LogP contribution in [0.5, 0.6) is 0 Å². The molecule has 0 radical (unpaired) electrons.